The molecule has 0 radical (unpaired) electrons. The summed E-state index contributed by atoms with van der Waals surface area (Å²) in [4.78, 5) is 14.8. The van der Waals surface area contributed by atoms with Gasteiger partial charge in [0.2, 0.25) is 5.91 Å². The largest absolute Gasteiger partial charge is 0.416 e. The van der Waals surface area contributed by atoms with Crippen LogP contribution in [-0.4, -0.2) is 11.2 Å². The third kappa shape index (κ3) is 3.08. The summed E-state index contributed by atoms with van der Waals surface area (Å²) >= 11 is 1.43. The monoisotopic (exact) mass is 337 g/mol. The molecule has 2 aromatic rings. The Bertz CT molecular complexity index is 745. The Morgan fingerprint density at radius 3 is 2.48 bits per heavy atom. The molecule has 0 saturated carbocycles. The predicted octanol–water partition coefficient (Wildman–Crippen LogP) is 4.73. The maximum absolute atomic E-state index is 13.2. The second-order valence-corrected chi connectivity index (χ2v) is 6.69. The average molecular weight is 337 g/mol. The molecule has 0 aromatic heterocycles. The van der Waals surface area contributed by atoms with E-state index in [9.17, 15) is 18.0 Å². The van der Waals surface area contributed by atoms with Gasteiger partial charge in [-0.25, -0.2) is 0 Å². The molecule has 1 atom stereocenters. The standard InChI is InChI=1S/C17H14F3NOS/c1-11-16(22)21(14-8-4-5-9-15(14)23-11)10-12-6-2-3-7-13(12)17(18,19)20/h2-9,11H,10H2,1H3. The van der Waals surface area contributed by atoms with E-state index in [1.54, 1.807) is 25.1 Å². The van der Waals surface area contributed by atoms with E-state index in [-0.39, 0.29) is 23.3 Å². The number of fused-ring (bicyclic) bond motifs is 1. The van der Waals surface area contributed by atoms with Crippen LogP contribution in [0.25, 0.3) is 0 Å². The Kier molecular flexibility index (Phi) is 4.10. The van der Waals surface area contributed by atoms with Crippen LogP contribution >= 0.6 is 11.8 Å². The number of hydrogen-bond acceptors (Lipinski definition) is 2. The van der Waals surface area contributed by atoms with Crippen LogP contribution in [0, 0.1) is 0 Å². The van der Waals surface area contributed by atoms with E-state index in [0.29, 0.717) is 5.69 Å². The van der Waals surface area contributed by atoms with Crippen LogP contribution in [0.5, 0.6) is 0 Å². The van der Waals surface area contributed by atoms with Crippen molar-refractivity contribution < 1.29 is 18.0 Å². The fourth-order valence-electron chi connectivity index (χ4n) is 2.63. The van der Waals surface area contributed by atoms with Gasteiger partial charge in [-0.3, -0.25) is 4.79 Å². The van der Waals surface area contributed by atoms with E-state index in [1.165, 1.54) is 28.8 Å². The molecule has 2 aromatic carbocycles. The minimum absolute atomic E-state index is 0.0869. The second kappa shape index (κ2) is 5.92. The molecule has 120 valence electrons. The van der Waals surface area contributed by atoms with Crippen molar-refractivity contribution in [2.75, 3.05) is 4.90 Å². The summed E-state index contributed by atoms with van der Waals surface area (Å²) in [6.45, 7) is 1.68. The molecule has 1 amide bonds. The van der Waals surface area contributed by atoms with Crippen molar-refractivity contribution in [2.45, 2.75) is 29.8 Å². The van der Waals surface area contributed by atoms with Gasteiger partial charge in [0, 0.05) is 4.90 Å². The molecular formula is C17H14F3NOS. The number of amides is 1. The normalized spacial score (nSPS) is 18.0. The molecular weight excluding hydrogens is 323 g/mol. The molecule has 0 saturated heterocycles. The molecule has 1 heterocycles. The Morgan fingerprint density at radius 2 is 1.74 bits per heavy atom. The number of anilines is 1. The van der Waals surface area contributed by atoms with Crippen molar-refractivity contribution in [3.05, 3.63) is 59.7 Å². The molecule has 1 unspecified atom stereocenters. The Labute approximate surface area is 136 Å². The summed E-state index contributed by atoms with van der Waals surface area (Å²) in [6.07, 6.45) is -4.44. The van der Waals surface area contributed by atoms with Crippen molar-refractivity contribution in [1.29, 1.82) is 0 Å². The van der Waals surface area contributed by atoms with Crippen LogP contribution < -0.4 is 4.90 Å². The van der Waals surface area contributed by atoms with Gasteiger partial charge in [0.25, 0.3) is 0 Å². The van der Waals surface area contributed by atoms with Gasteiger partial charge in [0.15, 0.2) is 0 Å². The van der Waals surface area contributed by atoms with Crippen molar-refractivity contribution in [3.63, 3.8) is 0 Å². The van der Waals surface area contributed by atoms with Crippen molar-refractivity contribution in [1.82, 2.24) is 0 Å². The molecule has 3 rings (SSSR count). The lowest BCUT2D eigenvalue weighted by Gasteiger charge is -2.33. The summed E-state index contributed by atoms with van der Waals surface area (Å²) in [6, 6.07) is 12.7. The topological polar surface area (TPSA) is 20.3 Å². The van der Waals surface area contributed by atoms with Crippen LogP contribution in [0.4, 0.5) is 18.9 Å². The molecule has 0 bridgehead atoms. The molecule has 1 aliphatic heterocycles. The first-order valence-corrected chi connectivity index (χ1v) is 7.98. The number of carbonyl (C=O) groups excluding carboxylic acids is 1. The van der Waals surface area contributed by atoms with E-state index < -0.39 is 11.7 Å². The highest BCUT2D eigenvalue weighted by atomic mass is 32.2. The van der Waals surface area contributed by atoms with E-state index in [1.807, 2.05) is 12.1 Å². The van der Waals surface area contributed by atoms with E-state index >= 15 is 0 Å². The number of alkyl halides is 3. The molecule has 6 heteroatoms. The van der Waals surface area contributed by atoms with Gasteiger partial charge in [-0.1, -0.05) is 30.3 Å². The average Bonchev–Trinajstić information content (AvgIpc) is 2.51. The molecule has 2 nitrogen and oxygen atoms in total. The van der Waals surface area contributed by atoms with E-state index in [0.717, 1.165) is 11.0 Å². The number of para-hydroxylation sites is 1. The molecule has 1 aliphatic rings. The zero-order valence-electron chi connectivity index (χ0n) is 12.3. The number of benzene rings is 2. The first-order chi connectivity index (χ1) is 10.9. The minimum atomic E-state index is -4.44. The summed E-state index contributed by atoms with van der Waals surface area (Å²) in [5.41, 5.74) is 0.0657. The molecule has 0 N–H and O–H groups in total. The summed E-state index contributed by atoms with van der Waals surface area (Å²) in [5.74, 6) is -0.175. The first kappa shape index (κ1) is 15.9. The number of halogens is 3. The molecule has 0 spiro atoms. The summed E-state index contributed by atoms with van der Waals surface area (Å²) in [5, 5.41) is -0.317. The molecule has 0 aliphatic carbocycles. The minimum Gasteiger partial charge on any atom is -0.306 e. The first-order valence-electron chi connectivity index (χ1n) is 7.10. The smallest absolute Gasteiger partial charge is 0.306 e. The van der Waals surface area contributed by atoms with Crippen LogP contribution in [0.3, 0.4) is 0 Å². The highest BCUT2D eigenvalue weighted by Gasteiger charge is 2.35. The number of hydrogen-bond donors (Lipinski definition) is 0. The van der Waals surface area contributed by atoms with E-state index in [2.05, 4.69) is 0 Å². The fraction of sp³-hybridized carbons (Fsp3) is 0.235. The van der Waals surface area contributed by atoms with Crippen LogP contribution in [0.15, 0.2) is 53.4 Å². The van der Waals surface area contributed by atoms with Gasteiger partial charge in [-0.15, -0.1) is 11.8 Å². The van der Waals surface area contributed by atoms with Crippen LogP contribution in [0.1, 0.15) is 18.1 Å². The lowest BCUT2D eigenvalue weighted by atomic mass is 10.1. The van der Waals surface area contributed by atoms with Gasteiger partial charge in [0.05, 0.1) is 23.0 Å². The third-order valence-electron chi connectivity index (χ3n) is 3.72. The molecule has 23 heavy (non-hydrogen) atoms. The van der Waals surface area contributed by atoms with Gasteiger partial charge in [-0.05, 0) is 30.7 Å². The maximum atomic E-state index is 13.2. The summed E-state index contributed by atoms with van der Waals surface area (Å²) in [7, 11) is 0. The Balaban J connectivity index is 2.02. The fourth-order valence-corrected chi connectivity index (χ4v) is 3.69. The third-order valence-corrected chi connectivity index (χ3v) is 4.88. The quantitative estimate of drug-likeness (QED) is 0.789. The van der Waals surface area contributed by atoms with Gasteiger partial charge in [0.1, 0.15) is 0 Å². The van der Waals surface area contributed by atoms with Crippen molar-refractivity contribution in [2.24, 2.45) is 0 Å². The van der Waals surface area contributed by atoms with Crippen molar-refractivity contribution >= 4 is 23.4 Å². The number of nitrogens with zero attached hydrogens (tertiary/aromatic N) is 1. The zero-order valence-corrected chi connectivity index (χ0v) is 13.1. The Morgan fingerprint density at radius 1 is 1.09 bits per heavy atom. The predicted molar refractivity (Wildman–Crippen MR) is 84.4 cm³/mol. The van der Waals surface area contributed by atoms with Crippen LogP contribution in [0.2, 0.25) is 0 Å². The number of thioether (sulfide) groups is 1. The highest BCUT2D eigenvalue weighted by molar-refractivity contribution is 8.00. The SMILES string of the molecule is CC1Sc2ccccc2N(Cc2ccccc2C(F)(F)F)C1=O. The van der Waals surface area contributed by atoms with Crippen LogP contribution in [-0.2, 0) is 17.5 Å². The summed E-state index contributed by atoms with van der Waals surface area (Å²) < 4.78 is 39.5. The maximum Gasteiger partial charge on any atom is 0.416 e. The van der Waals surface area contributed by atoms with Crippen molar-refractivity contribution in [3.8, 4) is 0 Å². The number of carbonyl (C=O) groups is 1. The Hall–Kier alpha value is -1.95. The lowest BCUT2D eigenvalue weighted by molar-refractivity contribution is -0.138. The van der Waals surface area contributed by atoms with Gasteiger partial charge < -0.3 is 4.90 Å². The molecule has 0 fully saturated rings. The second-order valence-electron chi connectivity index (χ2n) is 5.31. The van der Waals surface area contributed by atoms with Gasteiger partial charge >= 0.3 is 6.18 Å². The lowest BCUT2D eigenvalue weighted by Crippen LogP contribution is -2.39. The van der Waals surface area contributed by atoms with Gasteiger partial charge in [-0.2, -0.15) is 13.2 Å². The van der Waals surface area contributed by atoms with E-state index in [4.69, 9.17) is 0 Å². The zero-order chi connectivity index (χ0) is 16.6. The highest BCUT2D eigenvalue weighted by Crippen LogP contribution is 2.40. The number of rotatable bonds is 2.